The summed E-state index contributed by atoms with van der Waals surface area (Å²) in [4.78, 5) is 9.07. The van der Waals surface area contributed by atoms with E-state index in [1.54, 1.807) is 21.0 Å². The SMILES string of the molecule is CCOCOc1nc2c(OC)nc3ccccc3c2n1CC(C)(C)O. The molecule has 1 N–H and O–H groups in total. The number of aromatic nitrogens is 3. The average Bonchev–Trinajstić information content (AvgIpc) is 2.91. The van der Waals surface area contributed by atoms with Crippen molar-refractivity contribution in [2.75, 3.05) is 20.5 Å². The van der Waals surface area contributed by atoms with E-state index < -0.39 is 5.60 Å². The highest BCUT2D eigenvalue weighted by atomic mass is 16.7. The predicted molar refractivity (Wildman–Crippen MR) is 95.0 cm³/mol. The summed E-state index contributed by atoms with van der Waals surface area (Å²) >= 11 is 0. The van der Waals surface area contributed by atoms with Gasteiger partial charge in [0.2, 0.25) is 5.88 Å². The average molecular weight is 345 g/mol. The molecule has 0 spiro atoms. The first-order valence-corrected chi connectivity index (χ1v) is 8.20. The molecule has 0 aliphatic carbocycles. The van der Waals surface area contributed by atoms with Gasteiger partial charge >= 0.3 is 0 Å². The number of hydrogen-bond acceptors (Lipinski definition) is 6. The Hall–Kier alpha value is -2.38. The fourth-order valence-electron chi connectivity index (χ4n) is 2.75. The second-order valence-corrected chi connectivity index (χ2v) is 6.38. The van der Waals surface area contributed by atoms with Crippen LogP contribution in [0.2, 0.25) is 0 Å². The Morgan fingerprint density at radius 3 is 2.64 bits per heavy atom. The Morgan fingerprint density at radius 2 is 1.96 bits per heavy atom. The summed E-state index contributed by atoms with van der Waals surface area (Å²) in [6.45, 7) is 6.31. The number of aliphatic hydroxyl groups is 1. The van der Waals surface area contributed by atoms with E-state index in [4.69, 9.17) is 14.2 Å². The second-order valence-electron chi connectivity index (χ2n) is 6.38. The van der Waals surface area contributed by atoms with Crippen LogP contribution in [-0.2, 0) is 11.3 Å². The minimum Gasteiger partial charge on any atom is -0.479 e. The zero-order valence-electron chi connectivity index (χ0n) is 14.9. The Labute approximate surface area is 146 Å². The van der Waals surface area contributed by atoms with Crippen molar-refractivity contribution in [3.05, 3.63) is 24.3 Å². The molecule has 134 valence electrons. The monoisotopic (exact) mass is 345 g/mol. The lowest BCUT2D eigenvalue weighted by Gasteiger charge is -2.20. The number of hydrogen-bond donors (Lipinski definition) is 1. The molecule has 7 nitrogen and oxygen atoms in total. The van der Waals surface area contributed by atoms with Crippen molar-refractivity contribution in [3.63, 3.8) is 0 Å². The van der Waals surface area contributed by atoms with E-state index in [-0.39, 0.29) is 6.79 Å². The topological polar surface area (TPSA) is 78.6 Å². The smallest absolute Gasteiger partial charge is 0.299 e. The van der Waals surface area contributed by atoms with Crippen LogP contribution in [0.25, 0.3) is 21.9 Å². The third kappa shape index (κ3) is 3.52. The van der Waals surface area contributed by atoms with Crippen LogP contribution in [0.15, 0.2) is 24.3 Å². The third-order valence-corrected chi connectivity index (χ3v) is 3.73. The maximum Gasteiger partial charge on any atom is 0.299 e. The van der Waals surface area contributed by atoms with Crippen LogP contribution in [0.1, 0.15) is 20.8 Å². The molecule has 0 fully saturated rings. The molecule has 3 aromatic rings. The molecule has 0 saturated heterocycles. The summed E-state index contributed by atoms with van der Waals surface area (Å²) in [6, 6.07) is 8.11. The van der Waals surface area contributed by atoms with Gasteiger partial charge in [0, 0.05) is 12.0 Å². The van der Waals surface area contributed by atoms with E-state index in [2.05, 4.69) is 9.97 Å². The van der Waals surface area contributed by atoms with Crippen molar-refractivity contribution < 1.29 is 19.3 Å². The Bertz CT molecular complexity index is 883. The Morgan fingerprint density at radius 1 is 1.20 bits per heavy atom. The van der Waals surface area contributed by atoms with Crippen molar-refractivity contribution in [1.29, 1.82) is 0 Å². The second kappa shape index (κ2) is 6.85. The molecule has 0 radical (unpaired) electrons. The highest BCUT2D eigenvalue weighted by Gasteiger charge is 2.24. The van der Waals surface area contributed by atoms with Gasteiger partial charge in [0.15, 0.2) is 12.3 Å². The minimum absolute atomic E-state index is 0.0827. The van der Waals surface area contributed by atoms with Gasteiger partial charge in [0.25, 0.3) is 6.01 Å². The van der Waals surface area contributed by atoms with Gasteiger partial charge in [-0.2, -0.15) is 4.98 Å². The fraction of sp³-hybridized carbons (Fsp3) is 0.444. The highest BCUT2D eigenvalue weighted by molar-refractivity contribution is 6.04. The molecule has 25 heavy (non-hydrogen) atoms. The molecule has 3 rings (SSSR count). The fourth-order valence-corrected chi connectivity index (χ4v) is 2.75. The molecule has 0 aliphatic rings. The van der Waals surface area contributed by atoms with Crippen LogP contribution in [0.3, 0.4) is 0 Å². The van der Waals surface area contributed by atoms with Crippen molar-refractivity contribution in [2.24, 2.45) is 0 Å². The first-order valence-electron chi connectivity index (χ1n) is 8.20. The first-order chi connectivity index (χ1) is 11.9. The number of benzene rings is 1. The summed E-state index contributed by atoms with van der Waals surface area (Å²) in [6.07, 6.45) is 0. The third-order valence-electron chi connectivity index (χ3n) is 3.73. The minimum atomic E-state index is -0.949. The van der Waals surface area contributed by atoms with Crippen molar-refractivity contribution in [1.82, 2.24) is 14.5 Å². The van der Waals surface area contributed by atoms with E-state index in [0.29, 0.717) is 30.6 Å². The summed E-state index contributed by atoms with van der Waals surface area (Å²) in [5.41, 5.74) is 1.25. The number of methoxy groups -OCH3 is 1. The number of nitrogens with zero attached hydrogens (tertiary/aromatic N) is 3. The molecular formula is C18H23N3O4. The van der Waals surface area contributed by atoms with Gasteiger partial charge in [0.05, 0.1) is 30.3 Å². The molecule has 0 saturated carbocycles. The van der Waals surface area contributed by atoms with Gasteiger partial charge in [-0.3, -0.25) is 4.57 Å². The van der Waals surface area contributed by atoms with Gasteiger partial charge in [-0.1, -0.05) is 18.2 Å². The lowest BCUT2D eigenvalue weighted by atomic mass is 10.1. The molecule has 0 aliphatic heterocycles. The number of fused-ring (bicyclic) bond motifs is 3. The standard InChI is InChI=1S/C18H23N3O4/c1-5-24-11-25-17-20-14-15(21(17)10-18(2,3)22)12-8-6-7-9-13(12)19-16(14)23-4/h6-9,22H,5,10-11H2,1-4H3. The van der Waals surface area contributed by atoms with E-state index in [1.807, 2.05) is 35.8 Å². The van der Waals surface area contributed by atoms with E-state index in [9.17, 15) is 5.11 Å². The van der Waals surface area contributed by atoms with Crippen LogP contribution in [0, 0.1) is 0 Å². The number of rotatable bonds is 7. The van der Waals surface area contributed by atoms with E-state index in [1.165, 1.54) is 0 Å². The molecular weight excluding hydrogens is 322 g/mol. The maximum absolute atomic E-state index is 10.4. The van der Waals surface area contributed by atoms with Gasteiger partial charge < -0.3 is 19.3 Å². The van der Waals surface area contributed by atoms with Gasteiger partial charge in [0.1, 0.15) is 0 Å². The van der Waals surface area contributed by atoms with Crippen LogP contribution in [-0.4, -0.2) is 45.8 Å². The van der Waals surface area contributed by atoms with Crippen LogP contribution >= 0.6 is 0 Å². The van der Waals surface area contributed by atoms with Crippen molar-refractivity contribution >= 4 is 21.9 Å². The number of para-hydroxylation sites is 1. The molecule has 0 amide bonds. The zero-order valence-corrected chi connectivity index (χ0v) is 14.9. The molecule has 0 unspecified atom stereocenters. The molecule has 1 aromatic carbocycles. The number of ether oxygens (including phenoxy) is 3. The summed E-state index contributed by atoms with van der Waals surface area (Å²) in [5.74, 6) is 0.421. The Balaban J connectivity index is 2.27. The van der Waals surface area contributed by atoms with Crippen LogP contribution in [0.5, 0.6) is 11.9 Å². The lowest BCUT2D eigenvalue weighted by Crippen LogP contribution is -2.26. The summed E-state index contributed by atoms with van der Waals surface area (Å²) in [7, 11) is 1.56. The number of imidazole rings is 1. The van der Waals surface area contributed by atoms with Crippen LogP contribution < -0.4 is 9.47 Å². The molecule has 2 aromatic heterocycles. The van der Waals surface area contributed by atoms with E-state index >= 15 is 0 Å². The zero-order chi connectivity index (χ0) is 18.0. The molecule has 2 heterocycles. The highest BCUT2D eigenvalue weighted by Crippen LogP contribution is 2.34. The summed E-state index contributed by atoms with van der Waals surface area (Å²) in [5, 5.41) is 11.3. The number of pyridine rings is 1. The van der Waals surface area contributed by atoms with Crippen LogP contribution in [0.4, 0.5) is 0 Å². The van der Waals surface area contributed by atoms with Gasteiger partial charge in [-0.05, 0) is 26.8 Å². The largest absolute Gasteiger partial charge is 0.479 e. The quantitative estimate of drug-likeness (QED) is 0.524. The molecule has 7 heteroatoms. The summed E-state index contributed by atoms with van der Waals surface area (Å²) < 4.78 is 18.2. The first kappa shape index (κ1) is 17.4. The van der Waals surface area contributed by atoms with Gasteiger partial charge in [-0.15, -0.1) is 0 Å². The maximum atomic E-state index is 10.4. The molecule has 0 bridgehead atoms. The van der Waals surface area contributed by atoms with Crippen molar-refractivity contribution in [2.45, 2.75) is 32.9 Å². The van der Waals surface area contributed by atoms with Gasteiger partial charge in [-0.25, -0.2) is 4.98 Å². The molecule has 0 atom stereocenters. The van der Waals surface area contributed by atoms with Crippen molar-refractivity contribution in [3.8, 4) is 11.9 Å². The van der Waals surface area contributed by atoms with E-state index in [0.717, 1.165) is 16.4 Å². The lowest BCUT2D eigenvalue weighted by molar-refractivity contribution is 0.00930. The predicted octanol–water partition coefficient (Wildman–Crippen LogP) is 2.74. The Kier molecular flexibility index (Phi) is 4.78. The normalized spacial score (nSPS) is 12.0.